The zero-order valence-corrected chi connectivity index (χ0v) is 16.8. The van der Waals surface area contributed by atoms with E-state index >= 15 is 0 Å². The van der Waals surface area contributed by atoms with Crippen LogP contribution in [0.5, 0.6) is 0 Å². The van der Waals surface area contributed by atoms with Crippen LogP contribution in [0.25, 0.3) is 5.69 Å². The zero-order valence-electron chi connectivity index (χ0n) is 15.2. The third kappa shape index (κ3) is 4.09. The van der Waals surface area contributed by atoms with Crippen LogP contribution in [0.1, 0.15) is 26.4 Å². The number of nitrogens with zero attached hydrogens (tertiary/aromatic N) is 3. The summed E-state index contributed by atoms with van der Waals surface area (Å²) < 4.78 is 2.69. The van der Waals surface area contributed by atoms with Crippen LogP contribution in [0.3, 0.4) is 0 Å². The number of hydrogen-bond acceptors (Lipinski definition) is 3. The Morgan fingerprint density at radius 2 is 1.81 bits per heavy atom. The van der Waals surface area contributed by atoms with Crippen LogP contribution in [-0.2, 0) is 0 Å². The van der Waals surface area contributed by atoms with Crippen molar-refractivity contribution in [3.8, 4) is 5.69 Å². The van der Waals surface area contributed by atoms with Crippen molar-refractivity contribution in [2.24, 2.45) is 0 Å². The number of carbonyl (C=O) groups excluding carboxylic acids is 2. The molecule has 6 nitrogen and oxygen atoms in total. The molecule has 7 heteroatoms. The lowest BCUT2D eigenvalue weighted by molar-refractivity contribution is 0.0827. The van der Waals surface area contributed by atoms with E-state index in [9.17, 15) is 9.59 Å². The summed E-state index contributed by atoms with van der Waals surface area (Å²) in [5.74, 6) is -0.393. The van der Waals surface area contributed by atoms with Gasteiger partial charge in [-0.2, -0.15) is 5.10 Å². The summed E-state index contributed by atoms with van der Waals surface area (Å²) in [6.45, 7) is 1.84. The molecule has 0 radical (unpaired) electrons. The van der Waals surface area contributed by atoms with Crippen molar-refractivity contribution in [2.45, 2.75) is 6.92 Å². The molecule has 138 valence electrons. The van der Waals surface area contributed by atoms with Crippen molar-refractivity contribution < 1.29 is 9.59 Å². The van der Waals surface area contributed by atoms with Gasteiger partial charge >= 0.3 is 0 Å². The Labute approximate surface area is 165 Å². The van der Waals surface area contributed by atoms with E-state index in [0.717, 1.165) is 15.9 Å². The van der Waals surface area contributed by atoms with Crippen LogP contribution in [-0.4, -0.2) is 40.6 Å². The monoisotopic (exact) mass is 426 g/mol. The quantitative estimate of drug-likeness (QED) is 0.687. The molecule has 0 spiro atoms. The number of halogens is 1. The number of rotatable bonds is 4. The van der Waals surface area contributed by atoms with Gasteiger partial charge in [0, 0.05) is 29.8 Å². The van der Waals surface area contributed by atoms with Gasteiger partial charge in [0.25, 0.3) is 11.8 Å². The maximum atomic E-state index is 12.7. The van der Waals surface area contributed by atoms with Gasteiger partial charge in [-0.15, -0.1) is 0 Å². The van der Waals surface area contributed by atoms with Crippen LogP contribution >= 0.6 is 15.9 Å². The highest BCUT2D eigenvalue weighted by Crippen LogP contribution is 2.19. The molecule has 1 aromatic heterocycles. The fraction of sp³-hybridized carbons (Fsp3) is 0.150. The van der Waals surface area contributed by atoms with E-state index < -0.39 is 0 Å². The predicted molar refractivity (Wildman–Crippen MR) is 108 cm³/mol. The third-order valence-corrected chi connectivity index (χ3v) is 4.63. The summed E-state index contributed by atoms with van der Waals surface area (Å²) in [5.41, 5.74) is 3.15. The molecule has 1 N–H and O–H groups in total. The van der Waals surface area contributed by atoms with E-state index in [2.05, 4.69) is 26.3 Å². The lowest BCUT2D eigenvalue weighted by Crippen LogP contribution is -2.22. The summed E-state index contributed by atoms with van der Waals surface area (Å²) in [6, 6.07) is 14.5. The fourth-order valence-electron chi connectivity index (χ4n) is 2.66. The smallest absolute Gasteiger partial charge is 0.259 e. The number of benzene rings is 2. The van der Waals surface area contributed by atoms with E-state index in [1.54, 1.807) is 49.2 Å². The Morgan fingerprint density at radius 1 is 1.11 bits per heavy atom. The summed E-state index contributed by atoms with van der Waals surface area (Å²) in [7, 11) is 3.38. The molecule has 0 unspecified atom stereocenters. The molecule has 0 aliphatic rings. The fourth-order valence-corrected chi connectivity index (χ4v) is 2.93. The lowest BCUT2D eigenvalue weighted by atomic mass is 10.1. The van der Waals surface area contributed by atoms with E-state index in [1.165, 1.54) is 4.90 Å². The Kier molecular flexibility index (Phi) is 5.41. The minimum atomic E-state index is -0.273. The van der Waals surface area contributed by atoms with Crippen molar-refractivity contribution in [1.82, 2.24) is 14.7 Å². The van der Waals surface area contributed by atoms with E-state index in [1.807, 2.05) is 31.2 Å². The highest BCUT2D eigenvalue weighted by atomic mass is 79.9. The van der Waals surface area contributed by atoms with Crippen LogP contribution in [0.2, 0.25) is 0 Å². The van der Waals surface area contributed by atoms with Gasteiger partial charge in [0.1, 0.15) is 0 Å². The molecule has 3 rings (SSSR count). The lowest BCUT2D eigenvalue weighted by Gasteiger charge is -2.11. The van der Waals surface area contributed by atoms with Crippen molar-refractivity contribution in [3.63, 3.8) is 0 Å². The number of carbonyl (C=O) groups is 2. The van der Waals surface area contributed by atoms with Crippen LogP contribution in [0.15, 0.2) is 59.2 Å². The van der Waals surface area contributed by atoms with Crippen molar-refractivity contribution >= 4 is 33.4 Å². The number of amides is 2. The molecular weight excluding hydrogens is 408 g/mol. The molecule has 1 heterocycles. The van der Waals surface area contributed by atoms with Crippen molar-refractivity contribution in [3.05, 3.63) is 76.0 Å². The Hall–Kier alpha value is -2.93. The summed E-state index contributed by atoms with van der Waals surface area (Å²) in [4.78, 5) is 26.3. The zero-order chi connectivity index (χ0) is 19.6. The maximum absolute atomic E-state index is 12.7. The van der Waals surface area contributed by atoms with E-state index in [-0.39, 0.29) is 11.8 Å². The van der Waals surface area contributed by atoms with Gasteiger partial charge in [-0.05, 0) is 49.4 Å². The van der Waals surface area contributed by atoms with E-state index in [4.69, 9.17) is 0 Å². The normalized spacial score (nSPS) is 10.5. The average molecular weight is 427 g/mol. The van der Waals surface area contributed by atoms with Crippen LogP contribution < -0.4 is 5.32 Å². The van der Waals surface area contributed by atoms with Gasteiger partial charge < -0.3 is 10.2 Å². The largest absolute Gasteiger partial charge is 0.345 e. The number of aromatic nitrogens is 2. The molecule has 0 aliphatic heterocycles. The number of anilines is 1. The Balaban J connectivity index is 1.82. The first-order valence-corrected chi connectivity index (χ1v) is 9.10. The maximum Gasteiger partial charge on any atom is 0.259 e. The number of hydrogen-bond donors (Lipinski definition) is 1. The number of nitrogens with one attached hydrogen (secondary N) is 1. The van der Waals surface area contributed by atoms with Gasteiger partial charge in [-0.25, -0.2) is 4.68 Å². The summed E-state index contributed by atoms with van der Waals surface area (Å²) in [6.07, 6.45) is 1.54. The molecule has 27 heavy (non-hydrogen) atoms. The Bertz CT molecular complexity index is 993. The molecule has 0 aliphatic carbocycles. The molecule has 2 amide bonds. The molecule has 2 aromatic carbocycles. The highest BCUT2D eigenvalue weighted by molar-refractivity contribution is 9.10. The second-order valence-electron chi connectivity index (χ2n) is 6.27. The van der Waals surface area contributed by atoms with Gasteiger partial charge in [0.05, 0.1) is 23.1 Å². The van der Waals surface area contributed by atoms with Crippen molar-refractivity contribution in [1.29, 1.82) is 0 Å². The summed E-state index contributed by atoms with van der Waals surface area (Å²) in [5, 5.41) is 7.16. The minimum Gasteiger partial charge on any atom is -0.345 e. The standard InChI is InChI=1S/C20H19BrN4O2/c1-13-18(12-22-25(13)17-9-7-15(21)8-10-17)19(26)23-16-6-4-5-14(11-16)20(27)24(2)3/h4-12H,1-3H3,(H,23,26). The molecule has 0 fully saturated rings. The SMILES string of the molecule is Cc1c(C(=O)Nc2cccc(C(=O)N(C)C)c2)cnn1-c1ccc(Br)cc1. The van der Waals surface area contributed by atoms with Gasteiger partial charge in [0.15, 0.2) is 0 Å². The second-order valence-corrected chi connectivity index (χ2v) is 7.18. The predicted octanol–water partition coefficient (Wildman–Crippen LogP) is 3.90. The third-order valence-electron chi connectivity index (χ3n) is 4.10. The van der Waals surface area contributed by atoms with Gasteiger partial charge in [0.2, 0.25) is 0 Å². The van der Waals surface area contributed by atoms with E-state index in [0.29, 0.717) is 16.8 Å². The first-order chi connectivity index (χ1) is 12.9. The second kappa shape index (κ2) is 7.75. The van der Waals surface area contributed by atoms with Gasteiger partial charge in [-0.1, -0.05) is 22.0 Å². The highest BCUT2D eigenvalue weighted by Gasteiger charge is 2.16. The van der Waals surface area contributed by atoms with Crippen molar-refractivity contribution in [2.75, 3.05) is 19.4 Å². The summed E-state index contributed by atoms with van der Waals surface area (Å²) >= 11 is 3.41. The van der Waals surface area contributed by atoms with Gasteiger partial charge in [-0.3, -0.25) is 9.59 Å². The average Bonchev–Trinajstić information content (AvgIpc) is 3.03. The topological polar surface area (TPSA) is 67.2 Å². The Morgan fingerprint density at radius 3 is 2.48 bits per heavy atom. The molecule has 0 atom stereocenters. The molecule has 0 saturated carbocycles. The molecule has 3 aromatic rings. The first-order valence-electron chi connectivity index (χ1n) is 8.30. The minimum absolute atomic E-state index is 0.120. The first kappa shape index (κ1) is 18.8. The molecule has 0 bridgehead atoms. The molecular formula is C20H19BrN4O2. The van der Waals surface area contributed by atoms with Crippen LogP contribution in [0, 0.1) is 6.92 Å². The molecule has 0 saturated heterocycles. The van der Waals surface area contributed by atoms with Crippen LogP contribution in [0.4, 0.5) is 5.69 Å².